The van der Waals surface area contributed by atoms with Crippen LogP contribution >= 0.6 is 0 Å². The summed E-state index contributed by atoms with van der Waals surface area (Å²) in [5.74, 6) is 2.73. The van der Waals surface area contributed by atoms with Crippen LogP contribution < -0.4 is 4.74 Å². The molecule has 4 aromatic rings. The average Bonchev–Trinajstić information content (AvgIpc) is 3.21. The molecule has 0 bridgehead atoms. The van der Waals surface area contributed by atoms with Gasteiger partial charge < -0.3 is 19.1 Å². The van der Waals surface area contributed by atoms with Gasteiger partial charge in [-0.3, -0.25) is 4.79 Å². The van der Waals surface area contributed by atoms with Crippen LogP contribution in [-0.2, 0) is 11.2 Å². The number of aromatic nitrogens is 3. The summed E-state index contributed by atoms with van der Waals surface area (Å²) in [5, 5.41) is 5.20. The van der Waals surface area contributed by atoms with E-state index in [1.54, 1.807) is 0 Å². The van der Waals surface area contributed by atoms with Crippen molar-refractivity contribution in [1.29, 1.82) is 0 Å². The number of ether oxygens (including phenoxy) is 1. The smallest absolute Gasteiger partial charge is 0.230 e. The molecular weight excluding hydrogens is 404 g/mol. The van der Waals surface area contributed by atoms with Crippen LogP contribution in [0.1, 0.15) is 36.6 Å². The van der Waals surface area contributed by atoms with Crippen molar-refractivity contribution in [3.8, 4) is 17.1 Å². The Bertz CT molecular complexity index is 1260. The van der Waals surface area contributed by atoms with E-state index in [2.05, 4.69) is 21.2 Å². The number of H-pyrrole nitrogens is 1. The number of fused-ring (bicyclic) bond motifs is 1. The van der Waals surface area contributed by atoms with E-state index in [9.17, 15) is 4.79 Å². The molecule has 0 spiro atoms. The number of nitrogens with zero attached hydrogens (tertiary/aromatic N) is 3. The summed E-state index contributed by atoms with van der Waals surface area (Å²) in [6, 6.07) is 15.8. The second-order valence-electron chi connectivity index (χ2n) is 8.66. The Balaban J connectivity index is 1.06. The number of rotatable bonds is 6. The molecule has 1 aliphatic carbocycles. The van der Waals surface area contributed by atoms with Gasteiger partial charge in [0, 0.05) is 41.5 Å². The van der Waals surface area contributed by atoms with Crippen molar-refractivity contribution in [2.75, 3.05) is 13.1 Å². The van der Waals surface area contributed by atoms with Crippen LogP contribution in [0.25, 0.3) is 22.3 Å². The highest BCUT2D eigenvalue weighted by Crippen LogP contribution is 2.39. The lowest BCUT2D eigenvalue weighted by Gasteiger charge is -2.17. The topological polar surface area (TPSA) is 84.2 Å². The standard InChI is InChI=1S/C25H24N4O3/c30-23(13-18-14-26-22-4-2-1-3-21(18)22)29-12-11-20(15-29)31-19-9-7-16(8-10-19)24-27-25(32-28-24)17-5-6-17/h1-4,7-10,14,17,20,26H,5-6,11-13,15H2. The van der Waals surface area contributed by atoms with Gasteiger partial charge in [0.15, 0.2) is 0 Å². The number of nitrogens with one attached hydrogen (secondary N) is 1. The third kappa shape index (κ3) is 3.75. The molecule has 7 heteroatoms. The Kier molecular flexibility index (Phi) is 4.67. The number of para-hydroxylation sites is 1. The number of carbonyl (C=O) groups is 1. The molecule has 2 aliphatic rings. The molecule has 1 saturated heterocycles. The average molecular weight is 428 g/mol. The lowest BCUT2D eigenvalue weighted by molar-refractivity contribution is -0.129. The van der Waals surface area contributed by atoms with Crippen molar-refractivity contribution in [3.05, 3.63) is 66.2 Å². The van der Waals surface area contributed by atoms with E-state index in [0.29, 0.717) is 24.7 Å². The van der Waals surface area contributed by atoms with Gasteiger partial charge in [0.05, 0.1) is 13.0 Å². The maximum atomic E-state index is 12.8. The number of likely N-dealkylation sites (tertiary alicyclic amines) is 1. The summed E-state index contributed by atoms with van der Waals surface area (Å²) in [7, 11) is 0. The van der Waals surface area contributed by atoms with Gasteiger partial charge in [-0.2, -0.15) is 4.98 Å². The first-order valence-electron chi connectivity index (χ1n) is 11.2. The van der Waals surface area contributed by atoms with Crippen molar-refractivity contribution in [2.24, 2.45) is 0 Å². The molecule has 1 unspecified atom stereocenters. The molecular formula is C25H24N4O3. The van der Waals surface area contributed by atoms with Crippen LogP contribution in [0.2, 0.25) is 0 Å². The summed E-state index contributed by atoms with van der Waals surface area (Å²) in [6.07, 6.45) is 5.44. The van der Waals surface area contributed by atoms with Gasteiger partial charge in [0.1, 0.15) is 11.9 Å². The molecule has 1 N–H and O–H groups in total. The van der Waals surface area contributed by atoms with Crippen molar-refractivity contribution in [2.45, 2.75) is 37.7 Å². The fourth-order valence-corrected chi connectivity index (χ4v) is 4.33. The first-order chi connectivity index (χ1) is 15.7. The molecule has 1 atom stereocenters. The third-order valence-electron chi connectivity index (χ3n) is 6.30. The summed E-state index contributed by atoms with van der Waals surface area (Å²) in [5.41, 5.74) is 3.01. The maximum Gasteiger partial charge on any atom is 0.230 e. The van der Waals surface area contributed by atoms with Gasteiger partial charge in [-0.1, -0.05) is 23.4 Å². The second-order valence-corrected chi connectivity index (χ2v) is 8.66. The highest BCUT2D eigenvalue weighted by Gasteiger charge is 2.30. The molecule has 32 heavy (non-hydrogen) atoms. The zero-order chi connectivity index (χ0) is 21.5. The van der Waals surface area contributed by atoms with Crippen LogP contribution in [0, 0.1) is 0 Å². The van der Waals surface area contributed by atoms with Crippen LogP contribution in [0.3, 0.4) is 0 Å². The Morgan fingerprint density at radius 1 is 1.12 bits per heavy atom. The Morgan fingerprint density at radius 2 is 1.97 bits per heavy atom. The molecule has 2 aromatic heterocycles. The third-order valence-corrected chi connectivity index (χ3v) is 6.30. The molecule has 1 amide bonds. The quantitative estimate of drug-likeness (QED) is 0.495. The number of hydrogen-bond donors (Lipinski definition) is 1. The van der Waals surface area contributed by atoms with E-state index < -0.39 is 0 Å². The predicted octanol–water partition coefficient (Wildman–Crippen LogP) is 4.32. The highest BCUT2D eigenvalue weighted by atomic mass is 16.5. The Morgan fingerprint density at radius 3 is 2.81 bits per heavy atom. The number of aromatic amines is 1. The Labute approximate surface area is 185 Å². The van der Waals surface area contributed by atoms with Crippen molar-refractivity contribution in [1.82, 2.24) is 20.0 Å². The van der Waals surface area contributed by atoms with Crippen molar-refractivity contribution in [3.63, 3.8) is 0 Å². The van der Waals surface area contributed by atoms with Gasteiger partial charge in [-0.05, 0) is 48.7 Å². The molecule has 3 heterocycles. The van der Waals surface area contributed by atoms with E-state index in [1.165, 1.54) is 0 Å². The van der Waals surface area contributed by atoms with E-state index in [-0.39, 0.29) is 12.0 Å². The van der Waals surface area contributed by atoms with E-state index in [1.807, 2.05) is 53.6 Å². The summed E-state index contributed by atoms with van der Waals surface area (Å²) < 4.78 is 11.5. The van der Waals surface area contributed by atoms with Crippen molar-refractivity contribution >= 4 is 16.8 Å². The first kappa shape index (κ1) is 19.1. The second kappa shape index (κ2) is 7.82. The van der Waals surface area contributed by atoms with Gasteiger partial charge in [-0.15, -0.1) is 0 Å². The van der Waals surface area contributed by atoms with Gasteiger partial charge in [-0.25, -0.2) is 0 Å². The molecule has 2 aromatic carbocycles. The van der Waals surface area contributed by atoms with Gasteiger partial charge in [0.2, 0.25) is 17.6 Å². The van der Waals surface area contributed by atoms with Crippen LogP contribution in [-0.4, -0.2) is 45.1 Å². The molecule has 7 nitrogen and oxygen atoms in total. The van der Waals surface area contributed by atoms with Crippen LogP contribution in [0.4, 0.5) is 0 Å². The summed E-state index contributed by atoms with van der Waals surface area (Å²) in [4.78, 5) is 22.5. The normalized spacial score (nSPS) is 18.4. The monoisotopic (exact) mass is 428 g/mol. The fourth-order valence-electron chi connectivity index (χ4n) is 4.33. The van der Waals surface area contributed by atoms with E-state index in [0.717, 1.165) is 59.5 Å². The summed E-state index contributed by atoms with van der Waals surface area (Å²) in [6.45, 7) is 1.33. The maximum absolute atomic E-state index is 12.8. The molecule has 0 radical (unpaired) electrons. The minimum Gasteiger partial charge on any atom is -0.489 e. The highest BCUT2D eigenvalue weighted by molar-refractivity contribution is 5.89. The molecule has 6 rings (SSSR count). The minimum absolute atomic E-state index is 0.000543. The molecule has 162 valence electrons. The number of hydrogen-bond acceptors (Lipinski definition) is 5. The van der Waals surface area contributed by atoms with E-state index in [4.69, 9.17) is 9.26 Å². The lowest BCUT2D eigenvalue weighted by Crippen LogP contribution is -2.32. The van der Waals surface area contributed by atoms with Crippen molar-refractivity contribution < 1.29 is 14.1 Å². The lowest BCUT2D eigenvalue weighted by atomic mass is 10.1. The van der Waals surface area contributed by atoms with Crippen LogP contribution in [0.5, 0.6) is 5.75 Å². The molecule has 2 fully saturated rings. The van der Waals surface area contributed by atoms with E-state index >= 15 is 0 Å². The zero-order valence-corrected chi connectivity index (χ0v) is 17.7. The minimum atomic E-state index is -0.000543. The molecule has 1 saturated carbocycles. The first-order valence-corrected chi connectivity index (χ1v) is 11.2. The largest absolute Gasteiger partial charge is 0.489 e. The summed E-state index contributed by atoms with van der Waals surface area (Å²) >= 11 is 0. The Hall–Kier alpha value is -3.61. The molecule has 1 aliphatic heterocycles. The predicted molar refractivity (Wildman–Crippen MR) is 119 cm³/mol. The van der Waals surface area contributed by atoms with Crippen LogP contribution in [0.15, 0.2) is 59.3 Å². The zero-order valence-electron chi connectivity index (χ0n) is 17.7. The number of carbonyl (C=O) groups excluding carboxylic acids is 1. The van der Waals surface area contributed by atoms with Gasteiger partial charge >= 0.3 is 0 Å². The van der Waals surface area contributed by atoms with Gasteiger partial charge in [0.25, 0.3) is 0 Å². The fraction of sp³-hybridized carbons (Fsp3) is 0.320. The number of amides is 1. The number of benzene rings is 2. The SMILES string of the molecule is O=C(Cc1c[nH]c2ccccc12)N1CCC(Oc2ccc(-c3noc(C4CC4)n3)cc2)C1.